The van der Waals surface area contributed by atoms with E-state index in [1.807, 2.05) is 41.0 Å². The molecular formula is C28H24FN5O2. The van der Waals surface area contributed by atoms with Gasteiger partial charge in [0, 0.05) is 18.4 Å². The number of carbonyl (C=O) groups is 1. The van der Waals surface area contributed by atoms with E-state index < -0.39 is 0 Å². The summed E-state index contributed by atoms with van der Waals surface area (Å²) in [5, 5.41) is 3.54. The molecule has 1 amide bonds. The van der Waals surface area contributed by atoms with Crippen molar-refractivity contribution in [2.75, 3.05) is 5.32 Å². The van der Waals surface area contributed by atoms with Crippen molar-refractivity contribution in [2.45, 2.75) is 25.8 Å². The highest BCUT2D eigenvalue weighted by Crippen LogP contribution is 2.28. The Morgan fingerprint density at radius 3 is 2.53 bits per heavy atom. The summed E-state index contributed by atoms with van der Waals surface area (Å²) in [4.78, 5) is 37.0. The molecule has 2 N–H and O–H groups in total. The zero-order chi connectivity index (χ0) is 24.9. The van der Waals surface area contributed by atoms with Crippen LogP contribution in [0.2, 0.25) is 0 Å². The van der Waals surface area contributed by atoms with Gasteiger partial charge in [0.15, 0.2) is 0 Å². The van der Waals surface area contributed by atoms with Gasteiger partial charge in [-0.05, 0) is 48.4 Å². The molecule has 0 fully saturated rings. The zero-order valence-corrected chi connectivity index (χ0v) is 19.4. The number of hydrogen-bond donors (Lipinski definition) is 2. The number of aryl methyl sites for hydroxylation is 1. The predicted octanol–water partition coefficient (Wildman–Crippen LogP) is 4.94. The van der Waals surface area contributed by atoms with Crippen LogP contribution in [0, 0.1) is 5.82 Å². The van der Waals surface area contributed by atoms with Crippen molar-refractivity contribution in [3.05, 3.63) is 113 Å². The summed E-state index contributed by atoms with van der Waals surface area (Å²) in [6.45, 7) is 0.521. The first-order valence-corrected chi connectivity index (χ1v) is 11.7. The molecule has 5 aromatic rings. The summed E-state index contributed by atoms with van der Waals surface area (Å²) >= 11 is 0. The van der Waals surface area contributed by atoms with Crippen molar-refractivity contribution in [3.63, 3.8) is 0 Å². The van der Waals surface area contributed by atoms with Gasteiger partial charge < -0.3 is 14.9 Å². The molecule has 0 unspecified atom stereocenters. The van der Waals surface area contributed by atoms with Gasteiger partial charge in [0.05, 0.1) is 23.8 Å². The van der Waals surface area contributed by atoms with E-state index in [-0.39, 0.29) is 23.7 Å². The van der Waals surface area contributed by atoms with Gasteiger partial charge in [-0.1, -0.05) is 42.5 Å². The third-order valence-corrected chi connectivity index (χ3v) is 5.89. The van der Waals surface area contributed by atoms with Crippen molar-refractivity contribution >= 4 is 22.6 Å². The number of nitrogens with zero attached hydrogens (tertiary/aromatic N) is 3. The lowest BCUT2D eigenvalue weighted by Gasteiger charge is -2.12. The molecule has 0 saturated heterocycles. The maximum atomic E-state index is 13.5. The molecule has 2 aromatic heterocycles. The number of para-hydroxylation sites is 1. The smallest absolute Gasteiger partial charge is 0.258 e. The number of aromatic amines is 1. The Morgan fingerprint density at radius 1 is 0.972 bits per heavy atom. The number of amides is 1. The average molecular weight is 482 g/mol. The normalized spacial score (nSPS) is 11.0. The molecule has 2 heterocycles. The largest absolute Gasteiger partial charge is 0.312 e. The molecule has 0 bridgehead atoms. The van der Waals surface area contributed by atoms with Crippen LogP contribution in [0.1, 0.15) is 24.2 Å². The Bertz CT molecular complexity index is 1560. The number of rotatable bonds is 8. The standard InChI is InChI=1S/C28H24FN5O2/c29-21-15-13-20(14-16-21)26-27(34(18-30-26)17-19-7-2-1-3-8-19)33-25(35)12-6-11-24-31-23-10-5-4-9-22(23)28(36)32-24/h1-5,7-10,13-16,18H,6,11-12,17H2,(H,33,35)(H,31,32,36). The molecule has 180 valence electrons. The van der Waals surface area contributed by atoms with Gasteiger partial charge >= 0.3 is 0 Å². The number of halogens is 1. The minimum atomic E-state index is -0.339. The lowest BCUT2D eigenvalue weighted by Crippen LogP contribution is -2.17. The highest BCUT2D eigenvalue weighted by Gasteiger charge is 2.16. The molecule has 5 rings (SSSR count). The molecule has 0 aliphatic carbocycles. The highest BCUT2D eigenvalue weighted by molar-refractivity contribution is 5.93. The molecule has 0 spiro atoms. The molecule has 7 nitrogen and oxygen atoms in total. The van der Waals surface area contributed by atoms with E-state index in [2.05, 4.69) is 20.3 Å². The topological polar surface area (TPSA) is 92.7 Å². The van der Waals surface area contributed by atoms with Crippen LogP contribution in [0.25, 0.3) is 22.2 Å². The Morgan fingerprint density at radius 2 is 1.72 bits per heavy atom. The number of aromatic nitrogens is 4. The highest BCUT2D eigenvalue weighted by atomic mass is 19.1. The van der Waals surface area contributed by atoms with Crippen molar-refractivity contribution in [3.8, 4) is 11.3 Å². The number of fused-ring (bicyclic) bond motifs is 1. The van der Waals surface area contributed by atoms with E-state index in [4.69, 9.17) is 0 Å². The number of nitrogens with one attached hydrogen (secondary N) is 2. The first-order valence-electron chi connectivity index (χ1n) is 11.7. The number of H-pyrrole nitrogens is 1. The van der Waals surface area contributed by atoms with Gasteiger partial charge in [-0.15, -0.1) is 0 Å². The molecule has 36 heavy (non-hydrogen) atoms. The van der Waals surface area contributed by atoms with Crippen molar-refractivity contribution in [2.24, 2.45) is 0 Å². The number of hydrogen-bond acceptors (Lipinski definition) is 4. The Hall–Kier alpha value is -4.59. The Balaban J connectivity index is 1.32. The summed E-state index contributed by atoms with van der Waals surface area (Å²) < 4.78 is 15.3. The fourth-order valence-corrected chi connectivity index (χ4v) is 4.10. The lowest BCUT2D eigenvalue weighted by atomic mass is 10.1. The maximum absolute atomic E-state index is 13.5. The van der Waals surface area contributed by atoms with E-state index in [1.54, 1.807) is 36.7 Å². The van der Waals surface area contributed by atoms with Gasteiger partial charge in [0.2, 0.25) is 5.91 Å². The molecule has 3 aromatic carbocycles. The van der Waals surface area contributed by atoms with Crippen LogP contribution in [-0.2, 0) is 17.8 Å². The van der Waals surface area contributed by atoms with Gasteiger partial charge in [-0.25, -0.2) is 14.4 Å². The third kappa shape index (κ3) is 5.22. The summed E-state index contributed by atoms with van der Waals surface area (Å²) in [6.07, 6.45) is 2.87. The van der Waals surface area contributed by atoms with E-state index in [9.17, 15) is 14.0 Å². The number of benzene rings is 3. The number of carbonyl (C=O) groups excluding carboxylic acids is 1. The molecule has 8 heteroatoms. The monoisotopic (exact) mass is 481 g/mol. The van der Waals surface area contributed by atoms with Crippen molar-refractivity contribution in [1.29, 1.82) is 0 Å². The lowest BCUT2D eigenvalue weighted by molar-refractivity contribution is -0.116. The second kappa shape index (κ2) is 10.4. The summed E-state index contributed by atoms with van der Waals surface area (Å²) in [6, 6.07) is 23.0. The summed E-state index contributed by atoms with van der Waals surface area (Å²) in [7, 11) is 0. The van der Waals surface area contributed by atoms with Gasteiger partial charge in [0.25, 0.3) is 5.56 Å². The minimum Gasteiger partial charge on any atom is -0.312 e. The van der Waals surface area contributed by atoms with E-state index in [1.165, 1.54) is 12.1 Å². The van der Waals surface area contributed by atoms with Crippen LogP contribution in [-0.4, -0.2) is 25.4 Å². The second-order valence-electron chi connectivity index (χ2n) is 8.49. The molecule has 0 atom stereocenters. The molecular weight excluding hydrogens is 457 g/mol. The van der Waals surface area contributed by atoms with Gasteiger partial charge in [0.1, 0.15) is 23.2 Å². The second-order valence-corrected chi connectivity index (χ2v) is 8.49. The quantitative estimate of drug-likeness (QED) is 0.329. The fraction of sp³-hybridized carbons (Fsp3) is 0.143. The third-order valence-electron chi connectivity index (χ3n) is 5.89. The SMILES string of the molecule is O=C(CCCc1nc2ccccc2c(=O)[nH]1)Nc1c(-c2ccc(F)cc2)ncn1Cc1ccccc1. The van der Waals surface area contributed by atoms with E-state index in [0.717, 1.165) is 5.56 Å². The maximum Gasteiger partial charge on any atom is 0.258 e. The molecule has 0 aliphatic rings. The summed E-state index contributed by atoms with van der Waals surface area (Å²) in [5.74, 6) is 0.574. The van der Waals surface area contributed by atoms with Crippen LogP contribution in [0.5, 0.6) is 0 Å². The van der Waals surface area contributed by atoms with E-state index >= 15 is 0 Å². The number of anilines is 1. The average Bonchev–Trinajstić information content (AvgIpc) is 3.27. The minimum absolute atomic E-state index is 0.184. The molecule has 0 radical (unpaired) electrons. The van der Waals surface area contributed by atoms with E-state index in [0.29, 0.717) is 53.2 Å². The Kier molecular flexibility index (Phi) is 6.66. The van der Waals surface area contributed by atoms with Crippen LogP contribution in [0.3, 0.4) is 0 Å². The first-order chi connectivity index (χ1) is 17.6. The Labute approximate surface area is 206 Å². The van der Waals surface area contributed by atoms with Gasteiger partial charge in [-0.3, -0.25) is 9.59 Å². The van der Waals surface area contributed by atoms with Crippen LogP contribution >= 0.6 is 0 Å². The van der Waals surface area contributed by atoms with Crippen LogP contribution < -0.4 is 10.9 Å². The zero-order valence-electron chi connectivity index (χ0n) is 19.4. The van der Waals surface area contributed by atoms with Crippen LogP contribution in [0.15, 0.2) is 90.0 Å². The molecule has 0 aliphatic heterocycles. The number of imidazole rings is 1. The predicted molar refractivity (Wildman–Crippen MR) is 137 cm³/mol. The van der Waals surface area contributed by atoms with Crippen LogP contribution in [0.4, 0.5) is 10.2 Å². The first kappa shape index (κ1) is 23.2. The van der Waals surface area contributed by atoms with Crippen molar-refractivity contribution in [1.82, 2.24) is 19.5 Å². The molecule has 0 saturated carbocycles. The fourth-order valence-electron chi connectivity index (χ4n) is 4.10. The van der Waals surface area contributed by atoms with Gasteiger partial charge in [-0.2, -0.15) is 0 Å². The summed E-state index contributed by atoms with van der Waals surface area (Å²) in [5.41, 5.74) is 2.78. The van der Waals surface area contributed by atoms with Crippen molar-refractivity contribution < 1.29 is 9.18 Å².